The Morgan fingerprint density at radius 3 is 2.14 bits per heavy atom. The molecular weight excluding hydrogens is 147 g/mol. The molecule has 0 saturated heterocycles. The molecule has 0 radical (unpaired) electrons. The van der Waals surface area contributed by atoms with Crippen LogP contribution in [0.25, 0.3) is 0 Å². The summed E-state index contributed by atoms with van der Waals surface area (Å²) < 4.78 is 21.5. The Balaban J connectivity index is -0.000000125. The summed E-state index contributed by atoms with van der Waals surface area (Å²) in [6.45, 7) is 0. The fourth-order valence-electron chi connectivity index (χ4n) is 0. The van der Waals surface area contributed by atoms with Gasteiger partial charge < -0.3 is 1.43 Å². The minimum absolute atomic E-state index is 0. The first-order valence-electron chi connectivity index (χ1n) is 1.09. The van der Waals surface area contributed by atoms with Gasteiger partial charge in [-0.2, -0.15) is 4.21 Å². The minimum atomic E-state index is -3.33. The second-order valence-electron chi connectivity index (χ2n) is 0.594. The second-order valence-corrected chi connectivity index (χ2v) is 3.05. The van der Waals surface area contributed by atoms with E-state index in [9.17, 15) is 4.21 Å². The Bertz CT molecular complexity index is 119. The molecule has 0 aromatic heterocycles. The molecule has 0 aromatic carbocycles. The van der Waals surface area contributed by atoms with Crippen LogP contribution in [0.4, 0.5) is 0 Å². The van der Waals surface area contributed by atoms with E-state index >= 15 is 0 Å². The summed E-state index contributed by atoms with van der Waals surface area (Å²) in [5.41, 5.74) is 0. The third-order valence-corrected chi connectivity index (χ3v) is 1.04. The monoisotopic (exact) mass is 152 g/mol. The van der Waals surface area contributed by atoms with Crippen molar-refractivity contribution in [3.8, 4) is 0 Å². The van der Waals surface area contributed by atoms with Crippen LogP contribution in [0.2, 0.25) is 0 Å². The van der Waals surface area contributed by atoms with Crippen LogP contribution in [0.1, 0.15) is 1.43 Å². The molecule has 0 saturated carbocycles. The van der Waals surface area contributed by atoms with Crippen LogP contribution in [0, 0.1) is 0 Å². The zero-order valence-corrected chi connectivity index (χ0v) is 7.71. The molecule has 7 heavy (non-hydrogen) atoms. The van der Waals surface area contributed by atoms with E-state index < -0.39 is 9.05 Å². The van der Waals surface area contributed by atoms with Gasteiger partial charge in [0, 0.05) is 11.2 Å². The van der Waals surface area contributed by atoms with Gasteiger partial charge in [-0.3, -0.25) is 8.74 Å². The van der Waals surface area contributed by atoms with Crippen LogP contribution < -0.4 is 29.6 Å². The molecule has 0 aliphatic rings. The minimum Gasteiger partial charge on any atom is -1.00 e. The Kier molecular flexibility index (Phi) is 6.68. The molecule has 0 bridgehead atoms. The molecule has 6 heteroatoms. The molecule has 40 valence electrons. The van der Waals surface area contributed by atoms with E-state index in [1.807, 2.05) is 0 Å². The number of hydrogen-bond donors (Lipinski definition) is 1. The van der Waals surface area contributed by atoms with Gasteiger partial charge in [-0.1, -0.05) is 0 Å². The van der Waals surface area contributed by atoms with Gasteiger partial charge in [-0.15, -0.1) is 0 Å². The molecule has 0 rings (SSSR count). The van der Waals surface area contributed by atoms with Crippen molar-refractivity contribution >= 4 is 20.2 Å². The van der Waals surface area contributed by atoms with Crippen LogP contribution in [0.15, 0.2) is 0 Å². The molecule has 0 amide bonds. The van der Waals surface area contributed by atoms with E-state index in [1.54, 1.807) is 0 Å². The van der Waals surface area contributed by atoms with E-state index in [0.717, 1.165) is 7.11 Å². The van der Waals surface area contributed by atoms with E-state index in [-0.39, 0.29) is 31.0 Å². The summed E-state index contributed by atoms with van der Waals surface area (Å²) in [6.07, 6.45) is 0. The predicted octanol–water partition coefficient (Wildman–Crippen LogP) is -3.12. The van der Waals surface area contributed by atoms with Crippen molar-refractivity contribution in [2.24, 2.45) is 0 Å². The van der Waals surface area contributed by atoms with Crippen molar-refractivity contribution in [3.05, 3.63) is 0 Å². The largest absolute Gasteiger partial charge is 1.00 e. The van der Waals surface area contributed by atoms with E-state index in [1.165, 1.54) is 0 Å². The summed E-state index contributed by atoms with van der Waals surface area (Å²) >= 11 is 3.85. The summed E-state index contributed by atoms with van der Waals surface area (Å²) in [5.74, 6) is 0. The van der Waals surface area contributed by atoms with Gasteiger partial charge in [-0.25, -0.2) is 0 Å². The van der Waals surface area contributed by atoms with Gasteiger partial charge in [0.15, 0.2) is 0 Å². The van der Waals surface area contributed by atoms with Crippen molar-refractivity contribution in [3.63, 3.8) is 0 Å². The normalized spacial score (nSPS) is 16.9. The summed E-state index contributed by atoms with van der Waals surface area (Å²) in [6, 6.07) is 0. The average Bonchev–Trinajstić information content (AvgIpc) is 1.35. The van der Waals surface area contributed by atoms with Crippen LogP contribution >= 0.6 is 0 Å². The van der Waals surface area contributed by atoms with Gasteiger partial charge >= 0.3 is 29.6 Å². The van der Waals surface area contributed by atoms with E-state index in [0.29, 0.717) is 0 Å². The standard InChI is InChI=1S/CH4O3S2.Na.H/c1-4-6(2,3)5;;/h1H3,(H,2,3,5);;/q;+1;-1. The summed E-state index contributed by atoms with van der Waals surface area (Å²) in [5, 5.41) is 0. The van der Waals surface area contributed by atoms with Crippen molar-refractivity contribution in [2.75, 3.05) is 7.11 Å². The Morgan fingerprint density at radius 1 is 2.00 bits per heavy atom. The number of rotatable bonds is 1. The first-order chi connectivity index (χ1) is 2.56. The van der Waals surface area contributed by atoms with Crippen LogP contribution in [-0.4, -0.2) is 15.9 Å². The molecule has 0 fully saturated rings. The second kappa shape index (κ2) is 4.20. The Hall–Kier alpha value is 1.29. The maximum Gasteiger partial charge on any atom is 1.00 e. The zero-order valence-electron chi connectivity index (χ0n) is 5.08. The molecule has 3 nitrogen and oxygen atoms in total. The molecule has 1 N–H and O–H groups in total. The summed E-state index contributed by atoms with van der Waals surface area (Å²) in [7, 11) is -2.25. The smallest absolute Gasteiger partial charge is 1.00 e. The summed E-state index contributed by atoms with van der Waals surface area (Å²) in [4.78, 5) is 0. The molecule has 0 aliphatic heterocycles. The maximum absolute atomic E-state index is 9.70. The van der Waals surface area contributed by atoms with Crippen LogP contribution in [-0.2, 0) is 24.4 Å². The SMILES string of the molecule is COS(=O)(O)=S.[H-].[Na+]. The Morgan fingerprint density at radius 2 is 2.14 bits per heavy atom. The third kappa shape index (κ3) is 11.1. The van der Waals surface area contributed by atoms with Crippen molar-refractivity contribution < 1.29 is 43.9 Å². The van der Waals surface area contributed by atoms with Gasteiger partial charge in [0.2, 0.25) is 0 Å². The van der Waals surface area contributed by atoms with Gasteiger partial charge in [0.05, 0.1) is 7.11 Å². The molecule has 0 spiro atoms. The molecule has 0 aliphatic carbocycles. The van der Waals surface area contributed by atoms with E-state index in [2.05, 4.69) is 15.4 Å². The molecule has 0 aromatic rings. The average molecular weight is 152 g/mol. The maximum atomic E-state index is 9.70. The molecule has 1 unspecified atom stereocenters. The Labute approximate surface area is 70.9 Å². The van der Waals surface area contributed by atoms with E-state index in [4.69, 9.17) is 4.55 Å². The van der Waals surface area contributed by atoms with Crippen molar-refractivity contribution in [1.29, 1.82) is 0 Å². The van der Waals surface area contributed by atoms with Crippen molar-refractivity contribution in [1.82, 2.24) is 0 Å². The van der Waals surface area contributed by atoms with Gasteiger partial charge in [0.25, 0.3) is 9.05 Å². The molecule has 0 heterocycles. The van der Waals surface area contributed by atoms with Gasteiger partial charge in [-0.05, 0) is 0 Å². The third-order valence-electron chi connectivity index (χ3n) is 0.211. The fraction of sp³-hybridized carbons (Fsp3) is 1.00. The molecule has 1 atom stereocenters. The first-order valence-corrected chi connectivity index (χ1v) is 3.46. The number of hydrogen-bond acceptors (Lipinski definition) is 3. The predicted molar refractivity (Wildman–Crippen MR) is 26.3 cm³/mol. The van der Waals surface area contributed by atoms with Crippen LogP contribution in [0.3, 0.4) is 0 Å². The fourth-order valence-corrected chi connectivity index (χ4v) is 0. The van der Waals surface area contributed by atoms with Crippen molar-refractivity contribution in [2.45, 2.75) is 0 Å². The van der Waals surface area contributed by atoms with Crippen LogP contribution in [0.5, 0.6) is 0 Å². The van der Waals surface area contributed by atoms with Gasteiger partial charge in [0.1, 0.15) is 0 Å². The zero-order chi connectivity index (χ0) is 5.21. The topological polar surface area (TPSA) is 46.5 Å². The first kappa shape index (κ1) is 11.1. The molecular formula is CH5NaO3S2. The quantitative estimate of drug-likeness (QED) is 0.404.